The van der Waals surface area contributed by atoms with Gasteiger partial charge in [-0.3, -0.25) is 0 Å². The Labute approximate surface area is 108 Å². The molecule has 2 N–H and O–H groups in total. The normalized spacial score (nSPS) is 10.5. The lowest BCUT2D eigenvalue weighted by atomic mass is 10.2. The first-order valence-corrected chi connectivity index (χ1v) is 7.00. The van der Waals surface area contributed by atoms with Crippen LogP contribution in [-0.4, -0.2) is 31.8 Å². The predicted octanol–water partition coefficient (Wildman–Crippen LogP) is 2.29. The van der Waals surface area contributed by atoms with E-state index in [2.05, 4.69) is 0 Å². The van der Waals surface area contributed by atoms with Crippen molar-refractivity contribution < 1.29 is 9.47 Å². The molecular weight excluding hydrogens is 234 g/mol. The molecule has 17 heavy (non-hydrogen) atoms. The summed E-state index contributed by atoms with van der Waals surface area (Å²) in [6.45, 7) is 2.14. The van der Waals surface area contributed by atoms with Crippen LogP contribution in [0.5, 0.6) is 5.75 Å². The van der Waals surface area contributed by atoms with Crippen molar-refractivity contribution in [2.45, 2.75) is 13.0 Å². The van der Waals surface area contributed by atoms with Crippen molar-refractivity contribution in [3.05, 3.63) is 29.8 Å². The van der Waals surface area contributed by atoms with Crippen LogP contribution in [0, 0.1) is 0 Å². The number of methoxy groups -OCH3 is 1. The summed E-state index contributed by atoms with van der Waals surface area (Å²) in [6, 6.07) is 7.95. The second-order valence-corrected chi connectivity index (χ2v) is 4.88. The van der Waals surface area contributed by atoms with E-state index < -0.39 is 0 Å². The van der Waals surface area contributed by atoms with Crippen LogP contribution in [-0.2, 0) is 11.3 Å². The van der Waals surface area contributed by atoms with Gasteiger partial charge in [0.2, 0.25) is 0 Å². The largest absolute Gasteiger partial charge is 0.494 e. The maximum Gasteiger partial charge on any atom is 0.119 e. The minimum atomic E-state index is 0.560. The van der Waals surface area contributed by atoms with E-state index in [-0.39, 0.29) is 0 Å². The van der Waals surface area contributed by atoms with E-state index in [4.69, 9.17) is 15.2 Å². The third kappa shape index (κ3) is 6.56. The van der Waals surface area contributed by atoms with Gasteiger partial charge in [0.15, 0.2) is 0 Å². The summed E-state index contributed by atoms with van der Waals surface area (Å²) in [5.41, 5.74) is 6.68. The Morgan fingerprint density at radius 1 is 1.24 bits per heavy atom. The molecule has 96 valence electrons. The number of hydrogen-bond acceptors (Lipinski definition) is 4. The van der Waals surface area contributed by atoms with Crippen LogP contribution in [0.2, 0.25) is 0 Å². The topological polar surface area (TPSA) is 44.5 Å². The molecule has 0 aliphatic rings. The van der Waals surface area contributed by atoms with Gasteiger partial charge in [0.25, 0.3) is 0 Å². The summed E-state index contributed by atoms with van der Waals surface area (Å²) in [7, 11) is 1.73. The SMILES string of the molecule is COCCSCCCOc1cccc(CN)c1. The Morgan fingerprint density at radius 2 is 2.12 bits per heavy atom. The summed E-state index contributed by atoms with van der Waals surface area (Å²) in [6.07, 6.45) is 1.06. The summed E-state index contributed by atoms with van der Waals surface area (Å²) in [4.78, 5) is 0. The molecule has 0 heterocycles. The van der Waals surface area contributed by atoms with Crippen molar-refractivity contribution in [1.29, 1.82) is 0 Å². The van der Waals surface area contributed by atoms with Gasteiger partial charge in [0.1, 0.15) is 5.75 Å². The zero-order valence-electron chi connectivity index (χ0n) is 10.4. The molecule has 1 rings (SSSR count). The Morgan fingerprint density at radius 3 is 2.88 bits per heavy atom. The van der Waals surface area contributed by atoms with Gasteiger partial charge in [0.05, 0.1) is 13.2 Å². The van der Waals surface area contributed by atoms with Crippen molar-refractivity contribution in [3.63, 3.8) is 0 Å². The summed E-state index contributed by atoms with van der Waals surface area (Å²) in [5.74, 6) is 3.08. The van der Waals surface area contributed by atoms with E-state index in [0.29, 0.717) is 6.54 Å². The van der Waals surface area contributed by atoms with Crippen molar-refractivity contribution in [3.8, 4) is 5.75 Å². The predicted molar refractivity (Wildman–Crippen MR) is 73.6 cm³/mol. The number of benzene rings is 1. The van der Waals surface area contributed by atoms with Crippen molar-refractivity contribution in [1.82, 2.24) is 0 Å². The lowest BCUT2D eigenvalue weighted by Crippen LogP contribution is -2.01. The van der Waals surface area contributed by atoms with Gasteiger partial charge < -0.3 is 15.2 Å². The highest BCUT2D eigenvalue weighted by Gasteiger charge is 1.96. The molecule has 0 atom stereocenters. The van der Waals surface area contributed by atoms with Crippen molar-refractivity contribution in [2.75, 3.05) is 31.8 Å². The molecule has 0 radical (unpaired) electrons. The number of hydrogen-bond donors (Lipinski definition) is 1. The number of ether oxygens (including phenoxy) is 2. The van der Waals surface area contributed by atoms with Crippen LogP contribution in [0.25, 0.3) is 0 Å². The molecule has 4 heteroatoms. The summed E-state index contributed by atoms with van der Waals surface area (Å²) >= 11 is 1.90. The second-order valence-electron chi connectivity index (χ2n) is 3.66. The minimum absolute atomic E-state index is 0.560. The third-order valence-corrected chi connectivity index (χ3v) is 3.30. The molecule has 0 saturated heterocycles. The van der Waals surface area contributed by atoms with Crippen LogP contribution < -0.4 is 10.5 Å². The Hall–Kier alpha value is -0.710. The molecule has 3 nitrogen and oxygen atoms in total. The molecule has 1 aromatic carbocycles. The number of rotatable bonds is 9. The van der Waals surface area contributed by atoms with Gasteiger partial charge in [-0.2, -0.15) is 11.8 Å². The lowest BCUT2D eigenvalue weighted by molar-refractivity contribution is 0.218. The van der Waals surface area contributed by atoms with Gasteiger partial charge in [0, 0.05) is 19.4 Å². The van der Waals surface area contributed by atoms with E-state index in [1.54, 1.807) is 7.11 Å². The molecule has 0 amide bonds. The zero-order chi connectivity index (χ0) is 12.3. The molecule has 0 aliphatic carbocycles. The molecule has 1 aromatic rings. The zero-order valence-corrected chi connectivity index (χ0v) is 11.2. The number of nitrogens with two attached hydrogens (primary N) is 1. The Kier molecular flexibility index (Phi) is 7.88. The molecule has 0 spiro atoms. The van der Waals surface area contributed by atoms with E-state index in [9.17, 15) is 0 Å². The third-order valence-electron chi connectivity index (χ3n) is 2.27. The van der Waals surface area contributed by atoms with Crippen LogP contribution in [0.1, 0.15) is 12.0 Å². The van der Waals surface area contributed by atoms with Gasteiger partial charge >= 0.3 is 0 Å². The maximum absolute atomic E-state index is 5.65. The summed E-state index contributed by atoms with van der Waals surface area (Å²) in [5, 5.41) is 0. The van der Waals surface area contributed by atoms with E-state index in [0.717, 1.165) is 42.5 Å². The lowest BCUT2D eigenvalue weighted by Gasteiger charge is -2.07. The highest BCUT2D eigenvalue weighted by atomic mass is 32.2. The first kappa shape index (κ1) is 14.4. The average Bonchev–Trinajstić information content (AvgIpc) is 2.38. The van der Waals surface area contributed by atoms with Gasteiger partial charge in [-0.25, -0.2) is 0 Å². The molecule has 0 fully saturated rings. The van der Waals surface area contributed by atoms with E-state index in [1.165, 1.54) is 0 Å². The quantitative estimate of drug-likeness (QED) is 0.688. The van der Waals surface area contributed by atoms with Crippen LogP contribution in [0.15, 0.2) is 24.3 Å². The first-order valence-electron chi connectivity index (χ1n) is 5.85. The molecular formula is C13H21NO2S. The fourth-order valence-electron chi connectivity index (χ4n) is 1.36. The van der Waals surface area contributed by atoms with E-state index >= 15 is 0 Å². The Balaban J connectivity index is 2.09. The van der Waals surface area contributed by atoms with Gasteiger partial charge in [-0.1, -0.05) is 12.1 Å². The summed E-state index contributed by atoms with van der Waals surface area (Å²) < 4.78 is 10.6. The van der Waals surface area contributed by atoms with Crippen molar-refractivity contribution in [2.24, 2.45) is 5.73 Å². The van der Waals surface area contributed by atoms with E-state index in [1.807, 2.05) is 36.0 Å². The fourth-order valence-corrected chi connectivity index (χ4v) is 2.17. The second kappa shape index (κ2) is 9.33. The fraction of sp³-hybridized carbons (Fsp3) is 0.538. The molecule has 0 aliphatic heterocycles. The minimum Gasteiger partial charge on any atom is -0.494 e. The van der Waals surface area contributed by atoms with Crippen LogP contribution in [0.3, 0.4) is 0 Å². The molecule has 0 saturated carbocycles. The smallest absolute Gasteiger partial charge is 0.119 e. The van der Waals surface area contributed by atoms with Gasteiger partial charge in [-0.05, 0) is 29.9 Å². The van der Waals surface area contributed by atoms with Crippen LogP contribution >= 0.6 is 11.8 Å². The molecule has 0 aromatic heterocycles. The van der Waals surface area contributed by atoms with Crippen molar-refractivity contribution >= 4 is 11.8 Å². The molecule has 0 unspecified atom stereocenters. The molecule has 0 bridgehead atoms. The Bertz CT molecular complexity index is 307. The maximum atomic E-state index is 5.65. The standard InChI is InChI=1S/C13H21NO2S/c1-15-7-9-17-8-3-6-16-13-5-2-4-12(10-13)11-14/h2,4-5,10H,3,6-9,11,14H2,1H3. The van der Waals surface area contributed by atoms with Crippen LogP contribution in [0.4, 0.5) is 0 Å². The average molecular weight is 255 g/mol. The highest BCUT2D eigenvalue weighted by Crippen LogP contribution is 2.13. The number of thioether (sulfide) groups is 1. The van der Waals surface area contributed by atoms with Gasteiger partial charge in [-0.15, -0.1) is 0 Å². The highest BCUT2D eigenvalue weighted by molar-refractivity contribution is 7.99. The monoisotopic (exact) mass is 255 g/mol. The first-order chi connectivity index (χ1) is 8.36.